The van der Waals surface area contributed by atoms with Gasteiger partial charge in [-0.3, -0.25) is 9.98 Å². The average molecular weight is 416 g/mol. The number of halogens is 1. The fourth-order valence-electron chi connectivity index (χ4n) is 1.71. The van der Waals surface area contributed by atoms with E-state index >= 15 is 0 Å². The minimum absolute atomic E-state index is 0. The summed E-state index contributed by atoms with van der Waals surface area (Å²) in [4.78, 5) is 12.6. The van der Waals surface area contributed by atoms with Crippen molar-refractivity contribution in [2.75, 3.05) is 13.6 Å². The highest BCUT2D eigenvalue weighted by atomic mass is 127. The molecule has 0 aliphatic heterocycles. The molecule has 0 aliphatic rings. The fraction of sp³-hybridized carbons (Fsp3) is 0.429. The summed E-state index contributed by atoms with van der Waals surface area (Å²) in [6, 6.07) is 5.90. The SMILES string of the molecule is CN=C(NCCc1noc(-c2ccccn2)n1)NC(C)C.I. The van der Waals surface area contributed by atoms with E-state index in [1.165, 1.54) is 0 Å². The van der Waals surface area contributed by atoms with Gasteiger partial charge in [0, 0.05) is 32.3 Å². The smallest absolute Gasteiger partial charge is 0.276 e. The number of pyridine rings is 1. The lowest BCUT2D eigenvalue weighted by molar-refractivity contribution is 0.421. The van der Waals surface area contributed by atoms with E-state index in [0.717, 1.165) is 5.96 Å². The predicted molar refractivity (Wildman–Crippen MR) is 96.3 cm³/mol. The van der Waals surface area contributed by atoms with Gasteiger partial charge in [0.15, 0.2) is 11.8 Å². The van der Waals surface area contributed by atoms with Crippen LogP contribution in [0.15, 0.2) is 33.9 Å². The molecule has 0 saturated heterocycles. The first-order chi connectivity index (χ1) is 10.2. The summed E-state index contributed by atoms with van der Waals surface area (Å²) in [5.41, 5.74) is 0.682. The fourth-order valence-corrected chi connectivity index (χ4v) is 1.71. The first-order valence-electron chi connectivity index (χ1n) is 6.90. The van der Waals surface area contributed by atoms with Crippen LogP contribution >= 0.6 is 24.0 Å². The van der Waals surface area contributed by atoms with Crippen LogP contribution in [0.5, 0.6) is 0 Å². The van der Waals surface area contributed by atoms with Crippen LogP contribution in [0.1, 0.15) is 19.7 Å². The molecular weight excluding hydrogens is 395 g/mol. The Balaban J connectivity index is 0.00000242. The van der Waals surface area contributed by atoms with Gasteiger partial charge in [0.1, 0.15) is 5.69 Å². The van der Waals surface area contributed by atoms with Gasteiger partial charge in [-0.1, -0.05) is 11.2 Å². The third-order valence-corrected chi connectivity index (χ3v) is 2.64. The van der Waals surface area contributed by atoms with Crippen molar-refractivity contribution in [3.63, 3.8) is 0 Å². The van der Waals surface area contributed by atoms with Crippen LogP contribution < -0.4 is 10.6 Å². The molecule has 0 fully saturated rings. The highest BCUT2D eigenvalue weighted by Gasteiger charge is 2.09. The molecule has 0 aromatic carbocycles. The molecule has 0 bridgehead atoms. The van der Waals surface area contributed by atoms with Gasteiger partial charge in [0.05, 0.1) is 0 Å². The van der Waals surface area contributed by atoms with E-state index in [2.05, 4.69) is 44.6 Å². The molecule has 0 atom stereocenters. The number of aliphatic imine (C=N–C) groups is 1. The Bertz CT molecular complexity index is 584. The summed E-state index contributed by atoms with van der Waals surface area (Å²) in [5.74, 6) is 1.84. The quantitative estimate of drug-likeness (QED) is 0.440. The Morgan fingerprint density at radius 1 is 1.36 bits per heavy atom. The maximum atomic E-state index is 5.20. The van der Waals surface area contributed by atoms with Crippen LogP contribution in [0.2, 0.25) is 0 Å². The van der Waals surface area contributed by atoms with E-state index < -0.39 is 0 Å². The lowest BCUT2D eigenvalue weighted by Gasteiger charge is -2.13. The van der Waals surface area contributed by atoms with E-state index in [0.29, 0.717) is 36.4 Å². The third-order valence-electron chi connectivity index (χ3n) is 2.64. The van der Waals surface area contributed by atoms with Crippen LogP contribution in [0.3, 0.4) is 0 Å². The average Bonchev–Trinajstić information content (AvgIpc) is 2.95. The molecule has 7 nitrogen and oxygen atoms in total. The lowest BCUT2D eigenvalue weighted by Crippen LogP contribution is -2.41. The van der Waals surface area contributed by atoms with Crippen LogP contribution in [0.4, 0.5) is 0 Å². The first-order valence-corrected chi connectivity index (χ1v) is 6.90. The van der Waals surface area contributed by atoms with E-state index in [9.17, 15) is 0 Å². The van der Waals surface area contributed by atoms with Gasteiger partial charge in [-0.2, -0.15) is 4.98 Å². The number of rotatable bonds is 5. The van der Waals surface area contributed by atoms with E-state index in [1.807, 2.05) is 18.2 Å². The molecule has 0 amide bonds. The van der Waals surface area contributed by atoms with Crippen molar-refractivity contribution < 1.29 is 4.52 Å². The minimum atomic E-state index is 0. The molecule has 0 radical (unpaired) electrons. The van der Waals surface area contributed by atoms with E-state index in [4.69, 9.17) is 4.52 Å². The van der Waals surface area contributed by atoms with Crippen molar-refractivity contribution in [3.05, 3.63) is 30.2 Å². The molecule has 8 heteroatoms. The first kappa shape index (κ1) is 18.3. The molecule has 0 saturated carbocycles. The van der Waals surface area contributed by atoms with Crippen molar-refractivity contribution in [2.45, 2.75) is 26.3 Å². The zero-order chi connectivity index (χ0) is 15.1. The maximum Gasteiger partial charge on any atom is 0.276 e. The van der Waals surface area contributed by atoms with Crippen molar-refractivity contribution in [1.82, 2.24) is 25.8 Å². The number of hydrogen-bond donors (Lipinski definition) is 2. The molecule has 120 valence electrons. The topological polar surface area (TPSA) is 88.2 Å². The third kappa shape index (κ3) is 5.58. The summed E-state index contributed by atoms with van der Waals surface area (Å²) in [7, 11) is 1.74. The maximum absolute atomic E-state index is 5.20. The van der Waals surface area contributed by atoms with Gasteiger partial charge in [-0.05, 0) is 26.0 Å². The second-order valence-corrected chi connectivity index (χ2v) is 4.78. The Morgan fingerprint density at radius 2 is 2.18 bits per heavy atom. The number of nitrogens with zero attached hydrogens (tertiary/aromatic N) is 4. The van der Waals surface area contributed by atoms with Crippen LogP contribution in [-0.4, -0.2) is 40.7 Å². The van der Waals surface area contributed by atoms with Crippen molar-refractivity contribution in [1.29, 1.82) is 0 Å². The predicted octanol–water partition coefficient (Wildman–Crippen LogP) is 1.87. The number of hydrogen-bond acceptors (Lipinski definition) is 5. The standard InChI is InChI=1S/C14H20N6O.HI/c1-10(2)18-14(15-3)17-9-7-12-19-13(21-20-12)11-6-4-5-8-16-11;/h4-6,8,10H,7,9H2,1-3H3,(H2,15,17,18);1H. The van der Waals surface area contributed by atoms with Gasteiger partial charge >= 0.3 is 0 Å². The number of nitrogens with one attached hydrogen (secondary N) is 2. The second kappa shape index (κ2) is 9.34. The normalized spacial score (nSPS) is 11.2. The van der Waals surface area contributed by atoms with Gasteiger partial charge in [-0.15, -0.1) is 24.0 Å². The minimum Gasteiger partial charge on any atom is -0.356 e. The summed E-state index contributed by atoms with van der Waals surface area (Å²) in [5, 5.41) is 10.4. The molecular formula is C14H21IN6O. The molecule has 2 aromatic rings. The number of aromatic nitrogens is 3. The van der Waals surface area contributed by atoms with Gasteiger partial charge in [0.25, 0.3) is 5.89 Å². The summed E-state index contributed by atoms with van der Waals surface area (Å²) < 4.78 is 5.20. The van der Waals surface area contributed by atoms with Crippen molar-refractivity contribution >= 4 is 29.9 Å². The Hall–Kier alpha value is -1.71. The van der Waals surface area contributed by atoms with E-state index in [-0.39, 0.29) is 24.0 Å². The highest BCUT2D eigenvalue weighted by Crippen LogP contribution is 2.12. The van der Waals surface area contributed by atoms with Crippen LogP contribution in [0.25, 0.3) is 11.6 Å². The zero-order valence-corrected chi connectivity index (χ0v) is 15.2. The molecule has 2 heterocycles. The Kier molecular flexibility index (Phi) is 7.78. The van der Waals surface area contributed by atoms with Gasteiger partial charge in [0.2, 0.25) is 0 Å². The highest BCUT2D eigenvalue weighted by molar-refractivity contribution is 14.0. The summed E-state index contributed by atoms with van der Waals surface area (Å²) in [6.07, 6.45) is 2.34. The molecule has 2 aromatic heterocycles. The molecule has 0 unspecified atom stereocenters. The monoisotopic (exact) mass is 416 g/mol. The largest absolute Gasteiger partial charge is 0.356 e. The zero-order valence-electron chi connectivity index (χ0n) is 12.9. The molecule has 2 rings (SSSR count). The van der Waals surface area contributed by atoms with Gasteiger partial charge < -0.3 is 15.2 Å². The second-order valence-electron chi connectivity index (χ2n) is 4.78. The molecule has 22 heavy (non-hydrogen) atoms. The number of guanidine groups is 1. The Morgan fingerprint density at radius 3 is 2.82 bits per heavy atom. The summed E-state index contributed by atoms with van der Waals surface area (Å²) >= 11 is 0. The Labute approximate surface area is 147 Å². The summed E-state index contributed by atoms with van der Waals surface area (Å²) in [6.45, 7) is 4.80. The van der Waals surface area contributed by atoms with Crippen molar-refractivity contribution in [3.8, 4) is 11.6 Å². The lowest BCUT2D eigenvalue weighted by atomic mass is 10.3. The molecule has 2 N–H and O–H groups in total. The van der Waals surface area contributed by atoms with E-state index in [1.54, 1.807) is 13.2 Å². The molecule has 0 spiro atoms. The molecule has 0 aliphatic carbocycles. The van der Waals surface area contributed by atoms with Crippen LogP contribution in [-0.2, 0) is 6.42 Å². The van der Waals surface area contributed by atoms with Crippen LogP contribution in [0, 0.1) is 0 Å². The van der Waals surface area contributed by atoms with Gasteiger partial charge in [-0.25, -0.2) is 0 Å². The van der Waals surface area contributed by atoms with Crippen molar-refractivity contribution in [2.24, 2.45) is 4.99 Å².